The number of aromatic nitrogens is 1. The highest BCUT2D eigenvalue weighted by molar-refractivity contribution is 5.95. The summed E-state index contributed by atoms with van der Waals surface area (Å²) in [6.45, 7) is 0.156. The summed E-state index contributed by atoms with van der Waals surface area (Å²) in [5.74, 6) is -0.812. The van der Waals surface area contributed by atoms with Crippen LogP contribution in [-0.2, 0) is 20.7 Å². The number of nitrogens with one attached hydrogen (secondary N) is 2. The first kappa shape index (κ1) is 26.0. The lowest BCUT2D eigenvalue weighted by molar-refractivity contribution is -0.134. The van der Waals surface area contributed by atoms with Gasteiger partial charge in [-0.25, -0.2) is 5.48 Å². The van der Waals surface area contributed by atoms with Gasteiger partial charge in [0.25, 0.3) is 5.91 Å². The van der Waals surface area contributed by atoms with Gasteiger partial charge in [0.15, 0.2) is 0 Å². The van der Waals surface area contributed by atoms with Gasteiger partial charge in [-0.05, 0) is 42.8 Å². The Morgan fingerprint density at radius 2 is 1.84 bits per heavy atom. The van der Waals surface area contributed by atoms with Crippen LogP contribution in [0.25, 0.3) is 22.3 Å². The molecule has 0 aliphatic carbocycles. The topological polar surface area (TPSA) is 123 Å². The van der Waals surface area contributed by atoms with Crippen LogP contribution in [0.15, 0.2) is 83.4 Å². The van der Waals surface area contributed by atoms with Crippen molar-refractivity contribution in [3.8, 4) is 11.3 Å². The Morgan fingerprint density at radius 1 is 1.05 bits per heavy atom. The van der Waals surface area contributed by atoms with Crippen molar-refractivity contribution in [1.82, 2.24) is 15.8 Å². The second-order valence-electron chi connectivity index (χ2n) is 8.61. The number of fused-ring (bicyclic) bond motifs is 1. The fraction of sp³-hybridized carbons (Fsp3) is 0.250. The van der Waals surface area contributed by atoms with Crippen LogP contribution < -0.4 is 10.8 Å². The van der Waals surface area contributed by atoms with E-state index in [1.54, 1.807) is 35.9 Å². The average molecular weight is 504 g/mol. The molecule has 37 heavy (non-hydrogen) atoms. The highest BCUT2D eigenvalue weighted by atomic mass is 16.7. The third-order valence-electron chi connectivity index (χ3n) is 5.94. The van der Waals surface area contributed by atoms with Gasteiger partial charge in [0, 0.05) is 47.9 Å². The van der Waals surface area contributed by atoms with Gasteiger partial charge in [-0.15, -0.1) is 0 Å². The van der Waals surface area contributed by atoms with Gasteiger partial charge in [0.1, 0.15) is 18.1 Å². The predicted molar refractivity (Wildman–Crippen MR) is 137 cm³/mol. The molecule has 2 aromatic carbocycles. The number of benzene rings is 2. The van der Waals surface area contributed by atoms with Gasteiger partial charge < -0.3 is 19.2 Å². The monoisotopic (exact) mass is 503 g/mol. The normalized spacial score (nSPS) is 12.7. The molecule has 4 rings (SSSR count). The van der Waals surface area contributed by atoms with Gasteiger partial charge in [-0.1, -0.05) is 36.4 Å². The molecule has 192 valence electrons. The lowest BCUT2D eigenvalue weighted by Crippen LogP contribution is -2.42. The Balaban J connectivity index is 1.46. The molecule has 0 saturated heterocycles. The second kappa shape index (κ2) is 12.8. The molecule has 2 heterocycles. The first-order chi connectivity index (χ1) is 18.1. The number of hydroxylamine groups is 1. The summed E-state index contributed by atoms with van der Waals surface area (Å²) in [4.78, 5) is 29.7. The van der Waals surface area contributed by atoms with Gasteiger partial charge in [0.05, 0.1) is 12.6 Å². The van der Waals surface area contributed by atoms with E-state index < -0.39 is 17.9 Å². The van der Waals surface area contributed by atoms with Crippen LogP contribution in [0.2, 0.25) is 0 Å². The molecule has 0 saturated carbocycles. The number of methoxy groups -OCH3 is 1. The molecule has 9 heteroatoms. The summed E-state index contributed by atoms with van der Waals surface area (Å²) < 4.78 is 16.4. The second-order valence-corrected chi connectivity index (χ2v) is 8.61. The fourth-order valence-electron chi connectivity index (χ4n) is 4.11. The minimum atomic E-state index is -0.646. The number of rotatable bonds is 12. The number of pyridine rings is 1. The van der Waals surface area contributed by atoms with E-state index in [0.717, 1.165) is 16.5 Å². The smallest absolute Gasteiger partial charge is 0.251 e. The Morgan fingerprint density at radius 3 is 2.54 bits per heavy atom. The lowest BCUT2D eigenvalue weighted by Gasteiger charge is -2.23. The highest BCUT2D eigenvalue weighted by Crippen LogP contribution is 2.28. The minimum absolute atomic E-state index is 0.0374. The summed E-state index contributed by atoms with van der Waals surface area (Å²) in [5.41, 5.74) is 4.51. The molecule has 2 aromatic heterocycles. The van der Waals surface area contributed by atoms with E-state index in [-0.39, 0.29) is 32.1 Å². The van der Waals surface area contributed by atoms with E-state index in [4.69, 9.17) is 13.9 Å². The van der Waals surface area contributed by atoms with E-state index in [2.05, 4.69) is 10.3 Å². The van der Waals surface area contributed by atoms with Crippen molar-refractivity contribution in [2.75, 3.05) is 20.5 Å². The molecule has 4 aromatic rings. The number of carbonyl (C=O) groups excluding carboxylic acids is 2. The number of ether oxygens (including phenoxy) is 2. The third kappa shape index (κ3) is 7.01. The van der Waals surface area contributed by atoms with Crippen molar-refractivity contribution in [3.63, 3.8) is 0 Å². The molecule has 2 amide bonds. The zero-order valence-electron chi connectivity index (χ0n) is 20.4. The Bertz CT molecular complexity index is 1270. The number of hydrogen-bond donors (Lipinski definition) is 3. The molecule has 3 N–H and O–H groups in total. The predicted octanol–water partition coefficient (Wildman–Crippen LogP) is 3.97. The highest BCUT2D eigenvalue weighted by Gasteiger charge is 2.25. The van der Waals surface area contributed by atoms with Crippen molar-refractivity contribution in [2.45, 2.75) is 18.9 Å². The molecular formula is C28H29N3O6. The van der Waals surface area contributed by atoms with E-state index in [1.807, 2.05) is 48.5 Å². The van der Waals surface area contributed by atoms with Gasteiger partial charge in [-0.2, -0.15) is 0 Å². The maximum Gasteiger partial charge on any atom is 0.251 e. The van der Waals surface area contributed by atoms with Crippen molar-refractivity contribution in [3.05, 3.63) is 90.3 Å². The quantitative estimate of drug-likeness (QED) is 0.116. The Kier molecular flexibility index (Phi) is 8.98. The third-order valence-corrected chi connectivity index (χ3v) is 5.94. The molecule has 2 atom stereocenters. The molecule has 0 radical (unpaired) electrons. The van der Waals surface area contributed by atoms with Crippen molar-refractivity contribution in [1.29, 1.82) is 0 Å². The van der Waals surface area contributed by atoms with Crippen LogP contribution in [0, 0.1) is 5.92 Å². The molecule has 0 aliphatic rings. The molecule has 0 unspecified atom stereocenters. The van der Waals surface area contributed by atoms with E-state index >= 15 is 0 Å². The number of hydrogen-bond acceptors (Lipinski definition) is 7. The van der Waals surface area contributed by atoms with Crippen LogP contribution in [0.3, 0.4) is 0 Å². The maximum atomic E-state index is 13.1. The fourth-order valence-corrected chi connectivity index (χ4v) is 4.11. The van der Waals surface area contributed by atoms with Crippen LogP contribution in [0.4, 0.5) is 0 Å². The van der Waals surface area contributed by atoms with E-state index in [0.29, 0.717) is 17.0 Å². The van der Waals surface area contributed by atoms with Gasteiger partial charge >= 0.3 is 0 Å². The van der Waals surface area contributed by atoms with Crippen molar-refractivity contribution in [2.24, 2.45) is 5.92 Å². The van der Waals surface area contributed by atoms with Crippen molar-refractivity contribution >= 4 is 22.8 Å². The molecule has 0 bridgehead atoms. The Labute approximate surface area is 214 Å². The number of carbonyl (C=O) groups is 2. The SMILES string of the molecule is COCOC[C@H](C[C@H](Cc1ccccn1)C(=O)NO)NC(=O)c1ccc(-c2cc3ccccc3o2)cc1. The summed E-state index contributed by atoms with van der Waals surface area (Å²) >= 11 is 0. The first-order valence-electron chi connectivity index (χ1n) is 11.9. The maximum absolute atomic E-state index is 13.1. The zero-order valence-corrected chi connectivity index (χ0v) is 20.4. The summed E-state index contributed by atoms with van der Waals surface area (Å²) in [6.07, 6.45) is 2.14. The molecule has 9 nitrogen and oxygen atoms in total. The molecule has 0 spiro atoms. The first-order valence-corrected chi connectivity index (χ1v) is 11.9. The number of para-hydroxylation sites is 1. The molecule has 0 aliphatic heterocycles. The van der Waals surface area contributed by atoms with Crippen LogP contribution in [-0.4, -0.2) is 48.6 Å². The average Bonchev–Trinajstić information content (AvgIpc) is 3.37. The number of nitrogens with zero attached hydrogens (tertiary/aromatic N) is 1. The molecular weight excluding hydrogens is 474 g/mol. The van der Waals surface area contributed by atoms with E-state index in [1.165, 1.54) is 7.11 Å². The lowest BCUT2D eigenvalue weighted by atomic mass is 9.94. The van der Waals surface area contributed by atoms with Crippen LogP contribution >= 0.6 is 0 Å². The largest absolute Gasteiger partial charge is 0.456 e. The van der Waals surface area contributed by atoms with Gasteiger partial charge in [0.2, 0.25) is 5.91 Å². The van der Waals surface area contributed by atoms with Crippen molar-refractivity contribution < 1.29 is 28.7 Å². The number of amides is 2. The minimum Gasteiger partial charge on any atom is -0.456 e. The summed E-state index contributed by atoms with van der Waals surface area (Å²) in [5, 5.41) is 13.2. The van der Waals surface area contributed by atoms with Gasteiger partial charge in [-0.3, -0.25) is 19.8 Å². The van der Waals surface area contributed by atoms with Crippen LogP contribution in [0.1, 0.15) is 22.5 Å². The van der Waals surface area contributed by atoms with Crippen LogP contribution in [0.5, 0.6) is 0 Å². The zero-order chi connectivity index (χ0) is 26.0. The van der Waals surface area contributed by atoms with E-state index in [9.17, 15) is 14.8 Å². The molecule has 0 fully saturated rings. The Hall–Kier alpha value is -4.05. The standard InChI is InChI=1S/C28H29N3O6/c1-35-18-36-17-24(15-22(28(33)31-34)14-23-7-4-5-13-29-23)30-27(32)20-11-9-19(10-12-20)26-16-21-6-2-3-8-25(21)37-26/h2-13,16,22,24,34H,14-15,17-18H2,1H3,(H,30,32)(H,31,33)/t22-,24-/m0/s1. The number of furan rings is 1. The summed E-state index contributed by atoms with van der Waals surface area (Å²) in [7, 11) is 1.50. The summed E-state index contributed by atoms with van der Waals surface area (Å²) in [6, 6.07) is 21.7.